The van der Waals surface area contributed by atoms with Gasteiger partial charge in [-0.25, -0.2) is 8.42 Å². The minimum absolute atomic E-state index is 0.0752. The summed E-state index contributed by atoms with van der Waals surface area (Å²) in [6.45, 7) is 9.42. The van der Waals surface area contributed by atoms with Crippen molar-refractivity contribution in [2.24, 2.45) is 11.8 Å². The number of nitrogens with one attached hydrogen (secondary N) is 3. The number of aliphatic hydroxyl groups is 1. The summed E-state index contributed by atoms with van der Waals surface area (Å²) in [6.07, 6.45) is 9.57. The second-order valence-corrected chi connectivity index (χ2v) is 18.1. The van der Waals surface area contributed by atoms with Gasteiger partial charge in [-0.2, -0.15) is 0 Å². The molecule has 2 aliphatic rings. The summed E-state index contributed by atoms with van der Waals surface area (Å²) in [7, 11) is -3.87. The van der Waals surface area contributed by atoms with Crippen molar-refractivity contribution in [3.8, 4) is 0 Å². The van der Waals surface area contributed by atoms with Crippen LogP contribution in [0.5, 0.6) is 0 Å². The molecule has 2 aromatic rings. The summed E-state index contributed by atoms with van der Waals surface area (Å²) in [5, 5.41) is 20.6. The summed E-state index contributed by atoms with van der Waals surface area (Å²) in [4.78, 5) is 47.1. The van der Waals surface area contributed by atoms with E-state index in [1.807, 2.05) is 51.1 Å². The van der Waals surface area contributed by atoms with Crippen LogP contribution in [0.1, 0.15) is 78.0 Å². The number of sulfone groups is 1. The van der Waals surface area contributed by atoms with Gasteiger partial charge in [-0.3, -0.25) is 24.3 Å². The van der Waals surface area contributed by atoms with Crippen molar-refractivity contribution in [2.75, 3.05) is 19.3 Å². The van der Waals surface area contributed by atoms with E-state index < -0.39 is 56.2 Å². The van der Waals surface area contributed by atoms with Crippen LogP contribution >= 0.6 is 0 Å². The quantitative estimate of drug-likeness (QED) is 0.231. The normalized spacial score (nSPS) is 22.2. The number of aliphatic hydroxyl groups excluding tert-OH is 1. The van der Waals surface area contributed by atoms with Crippen LogP contribution < -0.4 is 16.0 Å². The Morgan fingerprint density at radius 1 is 0.980 bits per heavy atom. The number of carbonyl (C=O) groups is 3. The molecular weight excluding hydrogens is 655 g/mol. The Hall–Kier alpha value is -3.61. The molecule has 50 heavy (non-hydrogen) atoms. The number of aromatic nitrogens is 1. The Morgan fingerprint density at radius 3 is 2.26 bits per heavy atom. The van der Waals surface area contributed by atoms with E-state index in [9.17, 15) is 27.9 Å². The highest BCUT2D eigenvalue weighted by Crippen LogP contribution is 2.39. The number of likely N-dealkylation sites (tertiary alicyclic amines) is 1. The number of piperidine rings is 1. The Kier molecular flexibility index (Phi) is 13.0. The maximum absolute atomic E-state index is 14.1. The predicted octanol–water partition coefficient (Wildman–Crippen LogP) is 3.29. The molecule has 12 heteroatoms. The summed E-state index contributed by atoms with van der Waals surface area (Å²) in [6, 6.07) is 11.8. The lowest BCUT2D eigenvalue weighted by molar-refractivity contribution is -0.133. The second-order valence-electron chi connectivity index (χ2n) is 15.5. The lowest BCUT2D eigenvalue weighted by Gasteiger charge is -2.47. The van der Waals surface area contributed by atoms with Crippen LogP contribution in [0.3, 0.4) is 0 Å². The molecule has 4 N–H and O–H groups in total. The van der Waals surface area contributed by atoms with Crippen LogP contribution in [0.2, 0.25) is 0 Å². The number of β-amino-alcohol motifs (C(OH)–C–C–N with tert-alkyl or cyclic N) is 1. The second kappa shape index (κ2) is 16.6. The molecule has 1 aromatic carbocycles. The molecule has 11 nitrogen and oxygen atoms in total. The van der Waals surface area contributed by atoms with Gasteiger partial charge in [-0.05, 0) is 89.5 Å². The van der Waals surface area contributed by atoms with Crippen LogP contribution in [-0.2, 0) is 30.6 Å². The SMILES string of the molecule is CC(C)(C)NC(=O)C1CC2CCCCC2CN1CC(O)C(Cc1ccccc1)NC(=O)C(NC(=O)/C=C/c1ccccn1)C(C)(C)S(C)(=O)=O. The third-order valence-corrected chi connectivity index (χ3v) is 12.3. The maximum Gasteiger partial charge on any atom is 0.244 e. The van der Waals surface area contributed by atoms with Crippen LogP contribution in [0.4, 0.5) is 0 Å². The van der Waals surface area contributed by atoms with Gasteiger partial charge in [0.1, 0.15) is 6.04 Å². The third kappa shape index (κ3) is 10.7. The van der Waals surface area contributed by atoms with E-state index >= 15 is 0 Å². The molecule has 274 valence electrons. The van der Waals surface area contributed by atoms with Crippen molar-refractivity contribution in [3.05, 3.63) is 72.1 Å². The van der Waals surface area contributed by atoms with Crippen LogP contribution in [-0.4, -0.2) is 95.0 Å². The fourth-order valence-corrected chi connectivity index (χ4v) is 7.60. The highest BCUT2D eigenvalue weighted by atomic mass is 32.2. The minimum atomic E-state index is -3.87. The number of hydrogen-bond acceptors (Lipinski definition) is 8. The van der Waals surface area contributed by atoms with Gasteiger partial charge in [0.2, 0.25) is 17.7 Å². The summed E-state index contributed by atoms with van der Waals surface area (Å²) in [5.74, 6) is -0.620. The first kappa shape index (κ1) is 39.2. The predicted molar refractivity (Wildman–Crippen MR) is 196 cm³/mol. The smallest absolute Gasteiger partial charge is 0.244 e. The molecule has 3 amide bonds. The van der Waals surface area contributed by atoms with E-state index in [-0.39, 0.29) is 18.9 Å². The zero-order valence-corrected chi connectivity index (χ0v) is 31.1. The number of hydrogen-bond donors (Lipinski definition) is 4. The van der Waals surface area contributed by atoms with E-state index in [1.54, 1.807) is 24.4 Å². The van der Waals surface area contributed by atoms with Gasteiger partial charge in [0.25, 0.3) is 0 Å². The van der Waals surface area contributed by atoms with E-state index in [2.05, 4.69) is 25.8 Å². The molecule has 2 fully saturated rings. The first-order chi connectivity index (χ1) is 23.4. The first-order valence-electron chi connectivity index (χ1n) is 17.6. The number of pyridine rings is 1. The number of rotatable bonds is 13. The minimum Gasteiger partial charge on any atom is -0.390 e. The van der Waals surface area contributed by atoms with Gasteiger partial charge in [-0.1, -0.05) is 55.7 Å². The molecule has 0 radical (unpaired) electrons. The largest absolute Gasteiger partial charge is 0.390 e. The fraction of sp³-hybridized carbons (Fsp3) is 0.579. The van der Waals surface area contributed by atoms with Gasteiger partial charge in [0.05, 0.1) is 28.6 Å². The van der Waals surface area contributed by atoms with Crippen molar-refractivity contribution >= 4 is 33.6 Å². The summed E-state index contributed by atoms with van der Waals surface area (Å²) < 4.78 is 24.3. The topological polar surface area (TPSA) is 158 Å². The molecule has 6 unspecified atom stereocenters. The van der Waals surface area contributed by atoms with E-state index in [1.165, 1.54) is 26.0 Å². The number of carbonyl (C=O) groups excluding carboxylic acids is 3. The standard InChI is InChI=1S/C38H55N5O6S/c1-37(2,3)42-35(46)31-23-27-16-10-11-17-28(27)24-43(31)25-32(44)30(22-26-14-8-7-9-15-26)40-36(47)34(38(4,5)50(6,48)49)41-33(45)20-19-29-18-12-13-21-39-29/h7-9,12-15,18-21,27-28,30-32,34,44H,10-11,16-17,22-25H2,1-6H3,(H,40,47)(H,41,45)(H,42,46)/b20-19+. The average Bonchev–Trinajstić information content (AvgIpc) is 3.05. The first-order valence-corrected chi connectivity index (χ1v) is 19.5. The molecule has 1 saturated heterocycles. The van der Waals surface area contributed by atoms with Gasteiger partial charge in [-0.15, -0.1) is 0 Å². The fourth-order valence-electron chi connectivity index (χ4n) is 7.01. The van der Waals surface area contributed by atoms with E-state index in [0.717, 1.165) is 37.5 Å². The van der Waals surface area contributed by atoms with Crippen molar-refractivity contribution in [1.29, 1.82) is 0 Å². The lowest BCUT2D eigenvalue weighted by Crippen LogP contribution is -2.64. The monoisotopic (exact) mass is 709 g/mol. The molecule has 1 saturated carbocycles. The van der Waals surface area contributed by atoms with Crippen LogP contribution in [0.15, 0.2) is 60.8 Å². The third-order valence-electron chi connectivity index (χ3n) is 10.1. The Bertz CT molecular complexity index is 1590. The van der Waals surface area contributed by atoms with Crippen LogP contribution in [0.25, 0.3) is 6.08 Å². The Morgan fingerprint density at radius 2 is 1.64 bits per heavy atom. The summed E-state index contributed by atoms with van der Waals surface area (Å²) >= 11 is 0. The van der Waals surface area contributed by atoms with Crippen molar-refractivity contribution in [3.63, 3.8) is 0 Å². The van der Waals surface area contributed by atoms with Crippen LogP contribution in [0, 0.1) is 11.8 Å². The molecule has 2 heterocycles. The number of nitrogens with zero attached hydrogens (tertiary/aromatic N) is 2. The lowest BCUT2D eigenvalue weighted by atomic mass is 9.72. The van der Waals surface area contributed by atoms with Gasteiger partial charge in [0.15, 0.2) is 9.84 Å². The summed E-state index contributed by atoms with van der Waals surface area (Å²) in [5.41, 5.74) is 0.947. The zero-order valence-electron chi connectivity index (χ0n) is 30.3. The number of benzene rings is 1. The van der Waals surface area contributed by atoms with Gasteiger partial charge < -0.3 is 21.1 Å². The average molecular weight is 710 g/mol. The number of fused-ring (bicyclic) bond motifs is 1. The van der Waals surface area contributed by atoms with Gasteiger partial charge >= 0.3 is 0 Å². The van der Waals surface area contributed by atoms with Gasteiger partial charge in [0, 0.05) is 37.2 Å². The highest BCUT2D eigenvalue weighted by molar-refractivity contribution is 7.92. The van der Waals surface area contributed by atoms with E-state index in [0.29, 0.717) is 30.5 Å². The molecule has 0 bridgehead atoms. The maximum atomic E-state index is 14.1. The molecule has 0 spiro atoms. The molecule has 4 rings (SSSR count). The highest BCUT2D eigenvalue weighted by Gasteiger charge is 2.46. The number of amides is 3. The molecule has 1 aromatic heterocycles. The molecule has 1 aliphatic carbocycles. The van der Waals surface area contributed by atoms with Crippen molar-refractivity contribution in [1.82, 2.24) is 25.8 Å². The zero-order chi connectivity index (χ0) is 36.7. The molecule has 1 aliphatic heterocycles. The van der Waals surface area contributed by atoms with Crippen molar-refractivity contribution in [2.45, 2.75) is 108 Å². The van der Waals surface area contributed by atoms with Crippen molar-refractivity contribution < 1.29 is 27.9 Å². The Balaban J connectivity index is 1.61. The Labute approximate surface area is 297 Å². The van der Waals surface area contributed by atoms with E-state index in [4.69, 9.17) is 0 Å². The molecular formula is C38H55N5O6S. The molecule has 6 atom stereocenters.